The number of rotatable bonds is 2. The molecule has 0 bridgehead atoms. The van der Waals surface area contributed by atoms with E-state index in [-0.39, 0.29) is 5.82 Å². The lowest BCUT2D eigenvalue weighted by Crippen LogP contribution is -2.08. The zero-order valence-corrected chi connectivity index (χ0v) is 10.1. The highest BCUT2D eigenvalue weighted by molar-refractivity contribution is 9.10. The molecule has 0 aromatic heterocycles. The Morgan fingerprint density at radius 2 is 2.33 bits per heavy atom. The minimum Gasteiger partial charge on any atom is -0.497 e. The van der Waals surface area contributed by atoms with E-state index in [0.29, 0.717) is 16.1 Å². The van der Waals surface area contributed by atoms with Crippen LogP contribution in [0, 0.1) is 5.82 Å². The van der Waals surface area contributed by atoms with Crippen LogP contribution in [0.15, 0.2) is 16.6 Å². The maximum Gasteiger partial charge on any atom is 0.141 e. The predicted molar refractivity (Wildman–Crippen MR) is 60.9 cm³/mol. The zero-order valence-electron chi connectivity index (χ0n) is 8.52. The number of methoxy groups -OCH3 is 1. The van der Waals surface area contributed by atoms with Crippen molar-refractivity contribution in [1.29, 1.82) is 0 Å². The van der Waals surface area contributed by atoms with Gasteiger partial charge in [-0.3, -0.25) is 0 Å². The van der Waals surface area contributed by atoms with E-state index in [1.54, 1.807) is 7.11 Å². The Kier molecular flexibility index (Phi) is 3.26. The molecule has 1 unspecified atom stereocenters. The summed E-state index contributed by atoms with van der Waals surface area (Å²) in [4.78, 5) is 0. The summed E-state index contributed by atoms with van der Waals surface area (Å²) in [6.07, 6.45) is 1.05. The van der Waals surface area contributed by atoms with E-state index in [4.69, 9.17) is 4.74 Å². The molecule has 1 heterocycles. The fraction of sp³-hybridized carbons (Fsp3) is 0.455. The minimum absolute atomic E-state index is 0.253. The van der Waals surface area contributed by atoms with Crippen molar-refractivity contribution < 1.29 is 9.13 Å². The first-order chi connectivity index (χ1) is 7.22. The van der Waals surface area contributed by atoms with Gasteiger partial charge in [-0.25, -0.2) is 4.39 Å². The summed E-state index contributed by atoms with van der Waals surface area (Å²) in [6, 6.07) is 3.31. The number of ether oxygens (including phenoxy) is 1. The molecule has 1 aromatic rings. The SMILES string of the molecule is COc1cc(F)c(Br)c(C2CCNC2)c1. The highest BCUT2D eigenvalue weighted by Gasteiger charge is 2.21. The molecule has 0 radical (unpaired) electrons. The van der Waals surface area contributed by atoms with E-state index in [0.717, 1.165) is 25.1 Å². The van der Waals surface area contributed by atoms with Gasteiger partial charge >= 0.3 is 0 Å². The number of hydrogen-bond acceptors (Lipinski definition) is 2. The Hall–Kier alpha value is -0.610. The average Bonchev–Trinajstić information content (AvgIpc) is 2.75. The van der Waals surface area contributed by atoms with E-state index in [2.05, 4.69) is 21.2 Å². The Morgan fingerprint density at radius 1 is 1.53 bits per heavy atom. The van der Waals surface area contributed by atoms with Crippen molar-refractivity contribution in [3.8, 4) is 5.75 Å². The third-order valence-electron chi connectivity index (χ3n) is 2.77. The number of halogens is 2. The molecule has 82 valence electrons. The standard InChI is InChI=1S/C11H13BrFNO/c1-15-8-4-9(7-2-3-14-6-7)11(12)10(13)5-8/h4-5,7,14H,2-3,6H2,1H3. The highest BCUT2D eigenvalue weighted by Crippen LogP contribution is 2.34. The molecule has 2 rings (SSSR count). The average molecular weight is 274 g/mol. The summed E-state index contributed by atoms with van der Waals surface area (Å²) in [5.41, 5.74) is 0.997. The van der Waals surface area contributed by atoms with Crippen molar-refractivity contribution in [2.24, 2.45) is 0 Å². The number of nitrogens with one attached hydrogen (secondary N) is 1. The van der Waals surface area contributed by atoms with Crippen molar-refractivity contribution in [2.45, 2.75) is 12.3 Å². The van der Waals surface area contributed by atoms with Crippen LogP contribution >= 0.6 is 15.9 Å². The van der Waals surface area contributed by atoms with Crippen LogP contribution in [0.1, 0.15) is 17.9 Å². The summed E-state index contributed by atoms with van der Waals surface area (Å²) >= 11 is 3.30. The second-order valence-corrected chi connectivity index (χ2v) is 4.50. The van der Waals surface area contributed by atoms with Crippen LogP contribution in [0.2, 0.25) is 0 Å². The van der Waals surface area contributed by atoms with Gasteiger partial charge in [0.1, 0.15) is 11.6 Å². The molecule has 0 saturated carbocycles. The molecule has 0 amide bonds. The van der Waals surface area contributed by atoms with Crippen LogP contribution in [0.4, 0.5) is 4.39 Å². The summed E-state index contributed by atoms with van der Waals surface area (Å²) in [5.74, 6) is 0.706. The summed E-state index contributed by atoms with van der Waals surface area (Å²) in [6.45, 7) is 1.90. The summed E-state index contributed by atoms with van der Waals surface area (Å²) in [5, 5.41) is 3.27. The van der Waals surface area contributed by atoms with Crippen LogP contribution in [-0.4, -0.2) is 20.2 Å². The van der Waals surface area contributed by atoms with Gasteiger partial charge in [0, 0.05) is 12.6 Å². The van der Waals surface area contributed by atoms with E-state index in [1.165, 1.54) is 6.07 Å². The van der Waals surface area contributed by atoms with Crippen LogP contribution in [0.3, 0.4) is 0 Å². The van der Waals surface area contributed by atoms with Crippen LogP contribution < -0.4 is 10.1 Å². The lowest BCUT2D eigenvalue weighted by molar-refractivity contribution is 0.409. The smallest absolute Gasteiger partial charge is 0.141 e. The quantitative estimate of drug-likeness (QED) is 0.895. The second kappa shape index (κ2) is 4.49. The first kappa shape index (κ1) is 10.9. The normalized spacial score (nSPS) is 20.6. The van der Waals surface area contributed by atoms with Gasteiger partial charge in [-0.15, -0.1) is 0 Å². The van der Waals surface area contributed by atoms with Gasteiger partial charge < -0.3 is 10.1 Å². The van der Waals surface area contributed by atoms with Crippen molar-refractivity contribution in [2.75, 3.05) is 20.2 Å². The molecule has 4 heteroatoms. The fourth-order valence-corrected chi connectivity index (χ4v) is 2.47. The van der Waals surface area contributed by atoms with Gasteiger partial charge in [0.15, 0.2) is 0 Å². The lowest BCUT2D eigenvalue weighted by Gasteiger charge is -2.13. The predicted octanol–water partition coefficient (Wildman–Crippen LogP) is 2.67. The fourth-order valence-electron chi connectivity index (χ4n) is 1.92. The molecule has 1 N–H and O–H groups in total. The third kappa shape index (κ3) is 2.16. The zero-order chi connectivity index (χ0) is 10.8. The molecule has 15 heavy (non-hydrogen) atoms. The molecule has 1 atom stereocenters. The molecule has 0 aliphatic carbocycles. The van der Waals surface area contributed by atoms with E-state index < -0.39 is 0 Å². The summed E-state index contributed by atoms with van der Waals surface area (Å²) in [7, 11) is 1.55. The van der Waals surface area contributed by atoms with Crippen molar-refractivity contribution >= 4 is 15.9 Å². The van der Waals surface area contributed by atoms with Crippen molar-refractivity contribution in [3.05, 3.63) is 28.0 Å². The summed E-state index contributed by atoms with van der Waals surface area (Å²) < 4.78 is 19.2. The molecule has 1 fully saturated rings. The Morgan fingerprint density at radius 3 is 2.93 bits per heavy atom. The Bertz CT molecular complexity index is 364. The van der Waals surface area contributed by atoms with E-state index >= 15 is 0 Å². The maximum absolute atomic E-state index is 13.5. The van der Waals surface area contributed by atoms with Crippen molar-refractivity contribution in [3.63, 3.8) is 0 Å². The first-order valence-electron chi connectivity index (χ1n) is 4.96. The second-order valence-electron chi connectivity index (χ2n) is 3.70. The first-order valence-corrected chi connectivity index (χ1v) is 5.75. The molecular formula is C11H13BrFNO. The van der Waals surface area contributed by atoms with Gasteiger partial charge in [0.05, 0.1) is 11.6 Å². The topological polar surface area (TPSA) is 21.3 Å². The highest BCUT2D eigenvalue weighted by atomic mass is 79.9. The largest absolute Gasteiger partial charge is 0.497 e. The van der Waals surface area contributed by atoms with Gasteiger partial charge in [0.2, 0.25) is 0 Å². The van der Waals surface area contributed by atoms with E-state index in [1.807, 2.05) is 6.07 Å². The minimum atomic E-state index is -0.253. The van der Waals surface area contributed by atoms with Crippen LogP contribution in [-0.2, 0) is 0 Å². The molecule has 2 nitrogen and oxygen atoms in total. The molecule has 1 aromatic carbocycles. The van der Waals surface area contributed by atoms with Gasteiger partial charge in [-0.05, 0) is 46.4 Å². The van der Waals surface area contributed by atoms with Gasteiger partial charge in [-0.2, -0.15) is 0 Å². The molecule has 1 aliphatic heterocycles. The van der Waals surface area contributed by atoms with Crippen molar-refractivity contribution in [1.82, 2.24) is 5.32 Å². The van der Waals surface area contributed by atoms with Crippen LogP contribution in [0.25, 0.3) is 0 Å². The molecule has 1 saturated heterocycles. The maximum atomic E-state index is 13.5. The van der Waals surface area contributed by atoms with Gasteiger partial charge in [0.25, 0.3) is 0 Å². The van der Waals surface area contributed by atoms with E-state index in [9.17, 15) is 4.39 Å². The molecular weight excluding hydrogens is 261 g/mol. The Labute approximate surface area is 96.9 Å². The molecule has 1 aliphatic rings. The monoisotopic (exact) mass is 273 g/mol. The lowest BCUT2D eigenvalue weighted by atomic mass is 9.98. The van der Waals surface area contributed by atoms with Crippen LogP contribution in [0.5, 0.6) is 5.75 Å². The number of hydrogen-bond donors (Lipinski definition) is 1. The number of benzene rings is 1. The van der Waals surface area contributed by atoms with Gasteiger partial charge in [-0.1, -0.05) is 0 Å². The Balaban J connectivity index is 2.39. The molecule has 0 spiro atoms. The third-order valence-corrected chi connectivity index (χ3v) is 3.60.